The van der Waals surface area contributed by atoms with Crippen molar-refractivity contribution in [2.45, 2.75) is 40.0 Å². The summed E-state index contributed by atoms with van der Waals surface area (Å²) in [7, 11) is 3.40. The van der Waals surface area contributed by atoms with E-state index in [1.807, 2.05) is 26.0 Å². The van der Waals surface area contributed by atoms with Crippen molar-refractivity contribution in [1.29, 1.82) is 0 Å². The summed E-state index contributed by atoms with van der Waals surface area (Å²) in [5, 5.41) is 2.69. The first-order valence-electron chi connectivity index (χ1n) is 12.8. The van der Waals surface area contributed by atoms with Gasteiger partial charge in [-0.3, -0.25) is 19.2 Å². The molecule has 212 valence electrons. The van der Waals surface area contributed by atoms with Gasteiger partial charge < -0.3 is 25.6 Å². The molecule has 0 saturated heterocycles. The van der Waals surface area contributed by atoms with Gasteiger partial charge in [-0.1, -0.05) is 26.0 Å². The van der Waals surface area contributed by atoms with Crippen LogP contribution in [0.5, 0.6) is 5.75 Å². The van der Waals surface area contributed by atoms with Crippen LogP contribution in [0.25, 0.3) is 0 Å². The molecule has 0 spiro atoms. The lowest BCUT2D eigenvalue weighted by Crippen LogP contribution is -2.37. The summed E-state index contributed by atoms with van der Waals surface area (Å²) in [5.74, 6) is -1.17. The van der Waals surface area contributed by atoms with Gasteiger partial charge in [-0.15, -0.1) is 0 Å². The lowest BCUT2D eigenvalue weighted by Gasteiger charge is -2.28. The number of ketones is 1. The van der Waals surface area contributed by atoms with Gasteiger partial charge in [-0.25, -0.2) is 4.39 Å². The summed E-state index contributed by atoms with van der Waals surface area (Å²) in [6, 6.07) is 11.4. The molecule has 2 aromatic rings. The molecule has 2 aromatic carbocycles. The Hall–Kier alpha value is -3.79. The number of ether oxygens (including phenoxy) is 1. The fraction of sp³-hybridized carbons (Fsp3) is 0.448. The number of anilines is 1. The van der Waals surface area contributed by atoms with E-state index in [9.17, 15) is 23.6 Å². The Morgan fingerprint density at radius 1 is 0.949 bits per heavy atom. The third-order valence-electron chi connectivity index (χ3n) is 6.29. The number of benzene rings is 2. The minimum atomic E-state index is -0.646. The number of halogens is 1. The summed E-state index contributed by atoms with van der Waals surface area (Å²) in [6.07, 6.45) is 1.04. The van der Waals surface area contributed by atoms with E-state index in [0.717, 1.165) is 11.6 Å². The Balaban J connectivity index is 1.77. The van der Waals surface area contributed by atoms with Crippen LogP contribution >= 0.6 is 0 Å². The normalized spacial score (nSPS) is 11.1. The zero-order valence-corrected chi connectivity index (χ0v) is 23.4. The molecule has 0 heterocycles. The number of rotatable bonds is 14. The van der Waals surface area contributed by atoms with E-state index < -0.39 is 11.2 Å². The minimum absolute atomic E-state index is 0.000992. The number of nitrogens with two attached hydrogens (primary N) is 1. The van der Waals surface area contributed by atoms with Crippen molar-refractivity contribution in [3.05, 3.63) is 59.4 Å². The van der Waals surface area contributed by atoms with Gasteiger partial charge in [-0.05, 0) is 48.6 Å². The lowest BCUT2D eigenvalue weighted by atomic mass is 9.84. The van der Waals surface area contributed by atoms with Crippen LogP contribution in [0.15, 0.2) is 42.5 Å². The van der Waals surface area contributed by atoms with Crippen molar-refractivity contribution in [1.82, 2.24) is 9.80 Å². The van der Waals surface area contributed by atoms with Gasteiger partial charge in [0.25, 0.3) is 0 Å². The average molecular weight is 543 g/mol. The molecule has 3 amide bonds. The molecular formula is C29H39FN4O5. The number of carbonyl (C=O) groups is 4. The molecule has 0 fully saturated rings. The van der Waals surface area contributed by atoms with Gasteiger partial charge in [0, 0.05) is 45.2 Å². The first-order chi connectivity index (χ1) is 18.3. The largest absolute Gasteiger partial charge is 0.492 e. The molecule has 0 radical (unpaired) electrons. The van der Waals surface area contributed by atoms with Gasteiger partial charge in [0.2, 0.25) is 17.7 Å². The molecule has 0 atom stereocenters. The number of hydrogen-bond acceptors (Lipinski definition) is 6. The van der Waals surface area contributed by atoms with Crippen molar-refractivity contribution >= 4 is 29.2 Å². The standard InChI is InChI=1S/C29H39FN4O5/c1-20(35)24-11-10-23(16-25(24)30)39-15-14-34(5)28(38)18-29(2,3)17-27(37)33(4)13-12-21-6-8-22(9-7-21)32-26(36)19-31/h6-11,16H,12-15,17-19,31H2,1-5H3,(H,32,36). The zero-order valence-electron chi connectivity index (χ0n) is 23.4. The van der Waals surface area contributed by atoms with Gasteiger partial charge in [0.15, 0.2) is 5.78 Å². The fourth-order valence-corrected chi connectivity index (χ4v) is 3.84. The Morgan fingerprint density at radius 3 is 2.08 bits per heavy atom. The zero-order chi connectivity index (χ0) is 29.2. The van der Waals surface area contributed by atoms with Crippen LogP contribution in [0.2, 0.25) is 0 Å². The molecule has 0 aliphatic rings. The van der Waals surface area contributed by atoms with E-state index in [2.05, 4.69) is 5.32 Å². The second-order valence-corrected chi connectivity index (χ2v) is 10.4. The molecule has 0 saturated carbocycles. The van der Waals surface area contributed by atoms with Crippen molar-refractivity contribution in [3.63, 3.8) is 0 Å². The first-order valence-corrected chi connectivity index (χ1v) is 12.8. The smallest absolute Gasteiger partial charge is 0.238 e. The quantitative estimate of drug-likeness (QED) is 0.354. The molecular weight excluding hydrogens is 503 g/mol. The Bertz CT molecular complexity index is 1170. The van der Waals surface area contributed by atoms with Crippen LogP contribution in [0.4, 0.5) is 10.1 Å². The summed E-state index contributed by atoms with van der Waals surface area (Å²) in [6.45, 7) is 5.94. The second kappa shape index (κ2) is 14.4. The Kier molecular flexibility index (Phi) is 11.6. The van der Waals surface area contributed by atoms with Gasteiger partial charge in [0.05, 0.1) is 18.7 Å². The highest BCUT2D eigenvalue weighted by atomic mass is 19.1. The molecule has 0 aliphatic carbocycles. The van der Waals surface area contributed by atoms with Crippen molar-refractivity contribution in [2.75, 3.05) is 45.7 Å². The molecule has 39 heavy (non-hydrogen) atoms. The summed E-state index contributed by atoms with van der Waals surface area (Å²) in [4.78, 5) is 51.5. The molecule has 0 aliphatic heterocycles. The van der Waals surface area contributed by atoms with E-state index in [1.165, 1.54) is 24.0 Å². The molecule has 9 nitrogen and oxygen atoms in total. The highest BCUT2D eigenvalue weighted by Crippen LogP contribution is 2.27. The van der Waals surface area contributed by atoms with Crippen LogP contribution < -0.4 is 15.8 Å². The van der Waals surface area contributed by atoms with Gasteiger partial charge >= 0.3 is 0 Å². The number of Topliss-reactive ketones (excluding diaryl/α,β-unsaturated/α-hetero) is 1. The van der Waals surface area contributed by atoms with Crippen LogP contribution in [0.3, 0.4) is 0 Å². The number of nitrogens with zero attached hydrogens (tertiary/aromatic N) is 2. The summed E-state index contributed by atoms with van der Waals surface area (Å²) < 4.78 is 19.5. The van der Waals surface area contributed by atoms with E-state index in [-0.39, 0.29) is 67.4 Å². The van der Waals surface area contributed by atoms with Crippen molar-refractivity contribution in [2.24, 2.45) is 11.1 Å². The molecule has 0 unspecified atom stereocenters. The summed E-state index contributed by atoms with van der Waals surface area (Å²) >= 11 is 0. The van der Waals surface area contributed by atoms with Crippen LogP contribution in [-0.4, -0.2) is 73.6 Å². The topological polar surface area (TPSA) is 122 Å². The van der Waals surface area contributed by atoms with Crippen LogP contribution in [-0.2, 0) is 20.8 Å². The van der Waals surface area contributed by atoms with Gasteiger partial charge in [-0.2, -0.15) is 0 Å². The predicted molar refractivity (Wildman–Crippen MR) is 148 cm³/mol. The lowest BCUT2D eigenvalue weighted by molar-refractivity contribution is -0.135. The van der Waals surface area contributed by atoms with Crippen LogP contribution in [0.1, 0.15) is 49.5 Å². The number of likely N-dealkylation sites (N-methyl/N-ethyl adjacent to an activating group) is 2. The minimum Gasteiger partial charge on any atom is -0.492 e. The van der Waals surface area contributed by atoms with E-state index in [1.54, 1.807) is 31.1 Å². The van der Waals surface area contributed by atoms with E-state index >= 15 is 0 Å². The average Bonchev–Trinajstić information content (AvgIpc) is 2.87. The fourth-order valence-electron chi connectivity index (χ4n) is 3.84. The van der Waals surface area contributed by atoms with Crippen molar-refractivity contribution < 1.29 is 28.3 Å². The molecule has 2 rings (SSSR count). The predicted octanol–water partition coefficient (Wildman–Crippen LogP) is 3.27. The Labute approximate surface area is 229 Å². The number of hydrogen-bond donors (Lipinski definition) is 2. The highest BCUT2D eigenvalue weighted by Gasteiger charge is 2.28. The maximum atomic E-state index is 13.9. The molecule has 10 heteroatoms. The first kappa shape index (κ1) is 31.4. The maximum Gasteiger partial charge on any atom is 0.238 e. The number of amides is 3. The third kappa shape index (κ3) is 10.5. The third-order valence-corrected chi connectivity index (χ3v) is 6.29. The van der Waals surface area contributed by atoms with Crippen LogP contribution in [0, 0.1) is 11.2 Å². The second-order valence-electron chi connectivity index (χ2n) is 10.4. The SMILES string of the molecule is CC(=O)c1ccc(OCCN(C)C(=O)CC(C)(C)CC(=O)N(C)CCc2ccc(NC(=O)CN)cc2)cc1F. The molecule has 0 bridgehead atoms. The van der Waals surface area contributed by atoms with Gasteiger partial charge in [0.1, 0.15) is 18.2 Å². The molecule has 3 N–H and O–H groups in total. The number of nitrogens with one attached hydrogen (secondary N) is 1. The highest BCUT2D eigenvalue weighted by molar-refractivity contribution is 5.94. The van der Waals surface area contributed by atoms with E-state index in [4.69, 9.17) is 10.5 Å². The Morgan fingerprint density at radius 2 is 1.54 bits per heavy atom. The van der Waals surface area contributed by atoms with E-state index in [0.29, 0.717) is 18.7 Å². The maximum absolute atomic E-state index is 13.9. The van der Waals surface area contributed by atoms with Crippen molar-refractivity contribution in [3.8, 4) is 5.75 Å². The summed E-state index contributed by atoms with van der Waals surface area (Å²) in [5.41, 5.74) is 6.45. The monoisotopic (exact) mass is 542 g/mol. The molecule has 0 aromatic heterocycles. The number of carbonyl (C=O) groups excluding carboxylic acids is 4.